The Morgan fingerprint density at radius 2 is 2.19 bits per heavy atom. The number of aryl methyl sites for hydroxylation is 1. The number of carbonyl (C=O) groups is 1. The molecule has 0 unspecified atom stereocenters. The second kappa shape index (κ2) is 3.72. The highest BCUT2D eigenvalue weighted by atomic mass is 35.5. The third kappa shape index (κ3) is 1.61. The molecular weight excluding hydrogens is 228 g/mol. The number of nitrogens with zero attached hydrogens (tertiary/aromatic N) is 1. The summed E-state index contributed by atoms with van der Waals surface area (Å²) in [6.07, 6.45) is 1.55. The summed E-state index contributed by atoms with van der Waals surface area (Å²) in [5.41, 5.74) is 1.01. The van der Waals surface area contributed by atoms with Crippen LogP contribution in [0.3, 0.4) is 0 Å². The summed E-state index contributed by atoms with van der Waals surface area (Å²) in [7, 11) is 0. The van der Waals surface area contributed by atoms with Gasteiger partial charge in [0.25, 0.3) is 5.56 Å². The predicted octanol–water partition coefficient (Wildman–Crippen LogP) is 2.09. The fourth-order valence-electron chi connectivity index (χ4n) is 1.75. The van der Waals surface area contributed by atoms with E-state index in [1.165, 1.54) is 6.92 Å². The van der Waals surface area contributed by atoms with E-state index in [1.54, 1.807) is 19.2 Å². The highest BCUT2D eigenvalue weighted by molar-refractivity contribution is 6.30. The average Bonchev–Trinajstić information content (AvgIpc) is 2.15. The van der Waals surface area contributed by atoms with Crippen LogP contribution >= 0.6 is 11.6 Å². The minimum atomic E-state index is -0.389. The van der Waals surface area contributed by atoms with Crippen LogP contribution in [0.4, 0.5) is 0 Å². The van der Waals surface area contributed by atoms with Crippen LogP contribution in [0.2, 0.25) is 5.15 Å². The molecule has 1 N–H and O–H groups in total. The summed E-state index contributed by atoms with van der Waals surface area (Å²) >= 11 is 5.73. The molecule has 0 fully saturated rings. The normalized spacial score (nSPS) is 10.7. The third-order valence-electron chi connectivity index (χ3n) is 2.48. The van der Waals surface area contributed by atoms with Crippen LogP contribution in [0.25, 0.3) is 10.9 Å². The van der Waals surface area contributed by atoms with Gasteiger partial charge in [-0.25, -0.2) is 4.98 Å². The number of aromatic amines is 1. The van der Waals surface area contributed by atoms with E-state index >= 15 is 0 Å². The monoisotopic (exact) mass is 236 g/mol. The molecule has 0 atom stereocenters. The molecule has 4 nitrogen and oxygen atoms in total. The molecule has 5 heteroatoms. The van der Waals surface area contributed by atoms with Gasteiger partial charge < -0.3 is 4.98 Å². The number of H-pyrrole nitrogens is 1. The number of aromatic nitrogens is 2. The number of pyridine rings is 2. The van der Waals surface area contributed by atoms with Crippen molar-refractivity contribution in [1.82, 2.24) is 9.97 Å². The summed E-state index contributed by atoms with van der Waals surface area (Å²) in [4.78, 5) is 29.5. The topological polar surface area (TPSA) is 62.8 Å². The molecule has 0 aliphatic heterocycles. The maximum absolute atomic E-state index is 11.7. The second-order valence-corrected chi connectivity index (χ2v) is 3.95. The Bertz CT molecular complexity index is 646. The van der Waals surface area contributed by atoms with Crippen molar-refractivity contribution in [3.05, 3.63) is 38.9 Å². The summed E-state index contributed by atoms with van der Waals surface area (Å²) in [6, 6.07) is 1.56. The van der Waals surface area contributed by atoms with Crippen LogP contribution in [-0.2, 0) is 0 Å². The van der Waals surface area contributed by atoms with Crippen molar-refractivity contribution < 1.29 is 4.79 Å². The van der Waals surface area contributed by atoms with Crippen molar-refractivity contribution in [1.29, 1.82) is 0 Å². The number of Topliss-reactive ketones (excluding diaryl/α,β-unsaturated/α-hetero) is 1. The van der Waals surface area contributed by atoms with Gasteiger partial charge in [-0.1, -0.05) is 11.6 Å². The quantitative estimate of drug-likeness (QED) is 0.609. The number of ketones is 1. The lowest BCUT2D eigenvalue weighted by Crippen LogP contribution is -2.18. The molecular formula is C11H9ClN2O2. The summed E-state index contributed by atoms with van der Waals surface area (Å²) in [6.45, 7) is 3.09. The molecule has 16 heavy (non-hydrogen) atoms. The van der Waals surface area contributed by atoms with Crippen LogP contribution in [0, 0.1) is 6.92 Å². The number of hydrogen-bond donors (Lipinski definition) is 1. The molecule has 2 rings (SSSR count). The Hall–Kier alpha value is -1.68. The smallest absolute Gasteiger partial charge is 0.259 e. The zero-order chi connectivity index (χ0) is 11.9. The van der Waals surface area contributed by atoms with E-state index < -0.39 is 0 Å². The van der Waals surface area contributed by atoms with Gasteiger partial charge in [0.1, 0.15) is 5.15 Å². The van der Waals surface area contributed by atoms with E-state index in [0.29, 0.717) is 16.2 Å². The van der Waals surface area contributed by atoms with Gasteiger partial charge in [-0.05, 0) is 25.5 Å². The van der Waals surface area contributed by atoms with Gasteiger partial charge in [0.15, 0.2) is 5.78 Å². The van der Waals surface area contributed by atoms with Gasteiger partial charge in [0.05, 0.1) is 11.1 Å². The first kappa shape index (κ1) is 10.8. The van der Waals surface area contributed by atoms with Gasteiger partial charge in [-0.15, -0.1) is 0 Å². The summed E-state index contributed by atoms with van der Waals surface area (Å²) in [5.74, 6) is -0.254. The van der Waals surface area contributed by atoms with E-state index in [4.69, 9.17) is 11.6 Å². The Labute approximate surface area is 96.3 Å². The zero-order valence-electron chi connectivity index (χ0n) is 8.80. The minimum Gasteiger partial charge on any atom is -0.321 e. The Morgan fingerprint density at radius 1 is 1.50 bits per heavy atom. The van der Waals surface area contributed by atoms with Crippen LogP contribution in [-0.4, -0.2) is 15.8 Å². The minimum absolute atomic E-state index is 0.177. The Balaban J connectivity index is 2.94. The van der Waals surface area contributed by atoms with Gasteiger partial charge in [-0.2, -0.15) is 0 Å². The van der Waals surface area contributed by atoms with Crippen molar-refractivity contribution in [2.24, 2.45) is 0 Å². The number of hydrogen-bond acceptors (Lipinski definition) is 3. The molecule has 0 aliphatic carbocycles. The van der Waals surface area contributed by atoms with E-state index in [9.17, 15) is 9.59 Å². The number of fused-ring (bicyclic) bond motifs is 1. The number of rotatable bonds is 1. The summed E-state index contributed by atoms with van der Waals surface area (Å²) < 4.78 is 0. The average molecular weight is 237 g/mol. The van der Waals surface area contributed by atoms with E-state index in [0.717, 1.165) is 5.39 Å². The maximum atomic E-state index is 11.7. The molecule has 0 spiro atoms. The number of carbonyl (C=O) groups excluding carboxylic acids is 1. The molecule has 0 aromatic carbocycles. The number of halogens is 1. The first-order valence-corrected chi connectivity index (χ1v) is 5.07. The third-order valence-corrected chi connectivity index (χ3v) is 2.68. The predicted molar refractivity (Wildman–Crippen MR) is 62.1 cm³/mol. The molecule has 0 saturated heterocycles. The molecule has 2 heterocycles. The molecule has 0 amide bonds. The van der Waals surface area contributed by atoms with Crippen LogP contribution in [0.1, 0.15) is 22.8 Å². The van der Waals surface area contributed by atoms with Crippen molar-refractivity contribution in [2.75, 3.05) is 0 Å². The molecule has 0 saturated carbocycles. The SMILES string of the molecule is CC(=O)c1c(C)c2cnc(Cl)cc2[nH]c1=O. The van der Waals surface area contributed by atoms with Crippen molar-refractivity contribution >= 4 is 28.3 Å². The highest BCUT2D eigenvalue weighted by Gasteiger charge is 2.13. The molecule has 0 bridgehead atoms. The van der Waals surface area contributed by atoms with Crippen LogP contribution < -0.4 is 5.56 Å². The first-order valence-electron chi connectivity index (χ1n) is 4.70. The van der Waals surface area contributed by atoms with Gasteiger partial charge in [0.2, 0.25) is 0 Å². The lowest BCUT2D eigenvalue weighted by Gasteiger charge is -2.05. The number of nitrogens with one attached hydrogen (secondary N) is 1. The molecule has 0 radical (unpaired) electrons. The molecule has 2 aromatic rings. The van der Waals surface area contributed by atoms with Crippen molar-refractivity contribution in [3.8, 4) is 0 Å². The highest BCUT2D eigenvalue weighted by Crippen LogP contribution is 2.19. The Morgan fingerprint density at radius 3 is 2.81 bits per heavy atom. The van der Waals surface area contributed by atoms with Gasteiger partial charge >= 0.3 is 0 Å². The largest absolute Gasteiger partial charge is 0.321 e. The molecule has 82 valence electrons. The van der Waals surface area contributed by atoms with Crippen molar-refractivity contribution in [3.63, 3.8) is 0 Å². The lowest BCUT2D eigenvalue weighted by molar-refractivity contribution is 0.101. The fourth-order valence-corrected chi connectivity index (χ4v) is 1.90. The first-order chi connectivity index (χ1) is 7.50. The fraction of sp³-hybridized carbons (Fsp3) is 0.182. The Kier molecular flexibility index (Phi) is 2.52. The van der Waals surface area contributed by atoms with Crippen LogP contribution in [0.5, 0.6) is 0 Å². The van der Waals surface area contributed by atoms with E-state index in [1.807, 2.05) is 0 Å². The second-order valence-electron chi connectivity index (χ2n) is 3.56. The van der Waals surface area contributed by atoms with Crippen molar-refractivity contribution in [2.45, 2.75) is 13.8 Å². The molecule has 2 aromatic heterocycles. The van der Waals surface area contributed by atoms with Gasteiger partial charge in [-0.3, -0.25) is 9.59 Å². The van der Waals surface area contributed by atoms with E-state index in [-0.39, 0.29) is 16.9 Å². The lowest BCUT2D eigenvalue weighted by atomic mass is 10.0. The standard InChI is InChI=1S/C11H9ClN2O2/c1-5-7-4-13-9(12)3-8(7)14-11(16)10(5)6(2)15/h3-4H,1-2H3,(H,14,16). The zero-order valence-corrected chi connectivity index (χ0v) is 9.55. The maximum Gasteiger partial charge on any atom is 0.259 e. The molecule has 0 aliphatic rings. The summed E-state index contributed by atoms with van der Waals surface area (Å²) in [5, 5.41) is 1.03. The van der Waals surface area contributed by atoms with Gasteiger partial charge in [0, 0.05) is 11.6 Å². The van der Waals surface area contributed by atoms with Crippen LogP contribution in [0.15, 0.2) is 17.1 Å². The van der Waals surface area contributed by atoms with E-state index in [2.05, 4.69) is 9.97 Å².